The highest BCUT2D eigenvalue weighted by Gasteiger charge is 2.10. The second kappa shape index (κ2) is 8.55. The van der Waals surface area contributed by atoms with Gasteiger partial charge < -0.3 is 19.8 Å². The minimum absolute atomic E-state index is 0.0996. The Morgan fingerprint density at radius 2 is 1.88 bits per heavy atom. The Balaban J connectivity index is 1.88. The third-order valence-electron chi connectivity index (χ3n) is 3.90. The van der Waals surface area contributed by atoms with Gasteiger partial charge in [0.25, 0.3) is 0 Å². The van der Waals surface area contributed by atoms with Crippen molar-refractivity contribution < 1.29 is 4.39 Å². The number of halogens is 1. The molecule has 0 radical (unpaired) electrons. The summed E-state index contributed by atoms with van der Waals surface area (Å²) < 4.78 is 16.5. The van der Waals surface area contributed by atoms with Crippen molar-refractivity contribution in [3.63, 3.8) is 0 Å². The number of hydrogen-bond donors (Lipinski definition) is 3. The second-order valence-electron chi connectivity index (χ2n) is 5.67. The summed E-state index contributed by atoms with van der Waals surface area (Å²) in [6.45, 7) is 2.08. The summed E-state index contributed by atoms with van der Waals surface area (Å²) in [4.78, 5) is 0. The van der Waals surface area contributed by atoms with E-state index in [9.17, 15) is 9.65 Å². The van der Waals surface area contributed by atoms with Crippen molar-refractivity contribution >= 4 is 18.0 Å². The lowest BCUT2D eigenvalue weighted by Gasteiger charge is -2.16. The Hall–Kier alpha value is -2.50. The first-order valence-corrected chi connectivity index (χ1v) is 8.30. The van der Waals surface area contributed by atoms with Gasteiger partial charge in [-0.05, 0) is 42.9 Å². The van der Waals surface area contributed by atoms with Gasteiger partial charge in [0.15, 0.2) is 4.77 Å². The zero-order valence-corrected chi connectivity index (χ0v) is 15.1. The molecule has 0 bridgehead atoms. The zero-order chi connectivity index (χ0) is 18.4. The van der Waals surface area contributed by atoms with Gasteiger partial charge in [-0.2, -0.15) is 5.26 Å². The molecular formula is C17H21FN6S. The van der Waals surface area contributed by atoms with Crippen molar-refractivity contribution in [1.82, 2.24) is 14.5 Å². The number of nitrogens with zero attached hydrogens (tertiary/aromatic N) is 3. The monoisotopic (exact) mass is 360 g/mol. The lowest BCUT2D eigenvalue weighted by atomic mass is 10.2. The molecule has 1 heterocycles. The molecule has 0 aliphatic rings. The van der Waals surface area contributed by atoms with E-state index in [4.69, 9.17) is 17.6 Å². The smallest absolute Gasteiger partial charge is 0.182 e. The van der Waals surface area contributed by atoms with Crippen LogP contribution >= 0.6 is 12.2 Å². The number of hydrogen-bond acceptors (Lipinski definition) is 5. The predicted molar refractivity (Wildman–Crippen MR) is 97.0 cm³/mol. The summed E-state index contributed by atoms with van der Waals surface area (Å²) in [5, 5.41) is 23.8. The lowest BCUT2D eigenvalue weighted by Crippen LogP contribution is -2.28. The van der Waals surface area contributed by atoms with E-state index in [1.807, 2.05) is 0 Å². The van der Waals surface area contributed by atoms with Crippen molar-refractivity contribution in [2.45, 2.75) is 13.0 Å². The van der Waals surface area contributed by atoms with Gasteiger partial charge in [0.1, 0.15) is 28.8 Å². The van der Waals surface area contributed by atoms with Gasteiger partial charge in [0, 0.05) is 27.2 Å². The SMILES string of the molecule is Cn1c(NCCCNCc2ccc(F)cc2)c(C#N)c(=N)n(C)c1=S. The van der Waals surface area contributed by atoms with E-state index in [0.29, 0.717) is 23.7 Å². The molecule has 0 atom stereocenters. The third-order valence-corrected chi connectivity index (χ3v) is 4.44. The van der Waals surface area contributed by atoms with Crippen LogP contribution in [-0.2, 0) is 20.6 Å². The van der Waals surface area contributed by atoms with E-state index in [1.54, 1.807) is 30.8 Å². The maximum absolute atomic E-state index is 12.8. The van der Waals surface area contributed by atoms with Crippen molar-refractivity contribution in [3.05, 3.63) is 51.5 Å². The number of rotatable bonds is 7. The molecule has 0 saturated carbocycles. The molecule has 0 saturated heterocycles. The van der Waals surface area contributed by atoms with Crippen LogP contribution in [0.1, 0.15) is 17.5 Å². The maximum Gasteiger partial charge on any atom is 0.182 e. The van der Waals surface area contributed by atoms with E-state index in [2.05, 4.69) is 16.7 Å². The average molecular weight is 360 g/mol. The topological polar surface area (TPSA) is 81.6 Å². The summed E-state index contributed by atoms with van der Waals surface area (Å²) in [6, 6.07) is 8.47. The molecule has 0 aliphatic heterocycles. The van der Waals surface area contributed by atoms with E-state index < -0.39 is 0 Å². The fourth-order valence-corrected chi connectivity index (χ4v) is 2.61. The average Bonchev–Trinajstić information content (AvgIpc) is 2.61. The number of benzene rings is 1. The molecule has 2 rings (SSSR count). The van der Waals surface area contributed by atoms with E-state index >= 15 is 0 Å². The molecule has 132 valence electrons. The summed E-state index contributed by atoms with van der Waals surface area (Å²) in [6.07, 6.45) is 0.827. The standard InChI is InChI=1S/C17H21FN6S/c1-23-15(20)14(10-19)16(24(2)17(23)25)22-9-3-8-21-11-12-4-6-13(18)7-5-12/h4-7,20-22H,3,8-9,11H2,1-2H3. The Morgan fingerprint density at radius 3 is 2.52 bits per heavy atom. The molecular weight excluding hydrogens is 339 g/mol. The Morgan fingerprint density at radius 1 is 1.20 bits per heavy atom. The minimum Gasteiger partial charge on any atom is -0.370 e. The highest BCUT2D eigenvalue weighted by atomic mass is 32.1. The van der Waals surface area contributed by atoms with Crippen LogP contribution in [0.2, 0.25) is 0 Å². The first-order valence-electron chi connectivity index (χ1n) is 7.89. The molecule has 1 aromatic heterocycles. The highest BCUT2D eigenvalue weighted by molar-refractivity contribution is 7.71. The van der Waals surface area contributed by atoms with Gasteiger partial charge in [-0.15, -0.1) is 0 Å². The van der Waals surface area contributed by atoms with E-state index in [1.165, 1.54) is 16.7 Å². The maximum atomic E-state index is 12.8. The fraction of sp³-hybridized carbons (Fsp3) is 0.353. The molecule has 3 N–H and O–H groups in total. The van der Waals surface area contributed by atoms with Crippen LogP contribution in [0.3, 0.4) is 0 Å². The van der Waals surface area contributed by atoms with Crippen LogP contribution in [0, 0.1) is 27.3 Å². The summed E-state index contributed by atoms with van der Waals surface area (Å²) in [7, 11) is 3.45. The summed E-state index contributed by atoms with van der Waals surface area (Å²) in [5.74, 6) is 0.328. The Labute approximate surface area is 151 Å². The number of nitrogens with one attached hydrogen (secondary N) is 3. The molecule has 0 aliphatic carbocycles. The molecule has 2 aromatic rings. The first-order chi connectivity index (χ1) is 12.0. The van der Waals surface area contributed by atoms with E-state index in [-0.39, 0.29) is 16.9 Å². The van der Waals surface area contributed by atoms with Gasteiger partial charge >= 0.3 is 0 Å². The number of aromatic nitrogens is 2. The molecule has 0 fully saturated rings. The quantitative estimate of drug-likeness (QED) is 0.522. The van der Waals surface area contributed by atoms with Crippen LogP contribution in [0.5, 0.6) is 0 Å². The van der Waals surface area contributed by atoms with Crippen LogP contribution in [0.25, 0.3) is 0 Å². The molecule has 0 spiro atoms. The first kappa shape index (κ1) is 18.8. The normalized spacial score (nSPS) is 10.5. The van der Waals surface area contributed by atoms with E-state index in [0.717, 1.165) is 18.5 Å². The van der Waals surface area contributed by atoms with Crippen molar-refractivity contribution in [3.8, 4) is 6.07 Å². The van der Waals surface area contributed by atoms with Crippen LogP contribution in [-0.4, -0.2) is 22.2 Å². The zero-order valence-electron chi connectivity index (χ0n) is 14.3. The largest absolute Gasteiger partial charge is 0.370 e. The molecule has 6 nitrogen and oxygen atoms in total. The highest BCUT2D eigenvalue weighted by Crippen LogP contribution is 2.10. The molecule has 0 unspecified atom stereocenters. The Kier molecular flexibility index (Phi) is 6.44. The second-order valence-corrected chi connectivity index (χ2v) is 6.03. The Bertz CT molecular complexity index is 892. The van der Waals surface area contributed by atoms with Crippen LogP contribution < -0.4 is 16.1 Å². The van der Waals surface area contributed by atoms with Crippen LogP contribution in [0.15, 0.2) is 24.3 Å². The van der Waals surface area contributed by atoms with Gasteiger partial charge in [0.05, 0.1) is 0 Å². The number of anilines is 1. The summed E-state index contributed by atoms with van der Waals surface area (Å²) in [5.41, 5.74) is 1.40. The minimum atomic E-state index is -0.236. The molecule has 1 aromatic carbocycles. The molecule has 0 amide bonds. The van der Waals surface area contributed by atoms with Gasteiger partial charge in [-0.3, -0.25) is 5.41 Å². The fourth-order valence-electron chi connectivity index (χ4n) is 2.43. The molecule has 8 heteroatoms. The number of nitriles is 1. The van der Waals surface area contributed by atoms with Gasteiger partial charge in [0.2, 0.25) is 0 Å². The van der Waals surface area contributed by atoms with Crippen molar-refractivity contribution in [2.24, 2.45) is 14.1 Å². The summed E-state index contributed by atoms with van der Waals surface area (Å²) >= 11 is 5.28. The predicted octanol–water partition coefficient (Wildman–Crippen LogP) is 2.18. The van der Waals surface area contributed by atoms with Gasteiger partial charge in [-0.1, -0.05) is 12.1 Å². The lowest BCUT2D eigenvalue weighted by molar-refractivity contribution is 0.623. The molecule has 25 heavy (non-hydrogen) atoms. The van der Waals surface area contributed by atoms with Crippen LogP contribution in [0.4, 0.5) is 10.2 Å². The third kappa shape index (κ3) is 4.53. The van der Waals surface area contributed by atoms with Crippen molar-refractivity contribution in [2.75, 3.05) is 18.4 Å². The van der Waals surface area contributed by atoms with Gasteiger partial charge in [-0.25, -0.2) is 4.39 Å². The van der Waals surface area contributed by atoms with Crippen molar-refractivity contribution in [1.29, 1.82) is 10.7 Å².